The molecule has 5 rings (SSSR count). The summed E-state index contributed by atoms with van der Waals surface area (Å²) in [4.78, 5) is 37.5. The minimum Gasteiger partial charge on any atom is -0.466 e. The zero-order valence-corrected chi connectivity index (χ0v) is 21.6. The number of imidazole rings is 1. The Kier molecular flexibility index (Phi) is 7.54. The van der Waals surface area contributed by atoms with Crippen LogP contribution < -0.4 is 10.6 Å². The largest absolute Gasteiger partial charge is 0.466 e. The molecule has 0 saturated carbocycles. The topological polar surface area (TPSA) is 139 Å². The number of esters is 1. The Morgan fingerprint density at radius 2 is 1.89 bits per heavy atom. The first kappa shape index (κ1) is 26.0. The molecule has 202 valence electrons. The molecule has 2 aliphatic heterocycles. The van der Waals surface area contributed by atoms with Gasteiger partial charge in [0.15, 0.2) is 29.0 Å². The van der Waals surface area contributed by atoms with Gasteiger partial charge in [-0.1, -0.05) is 30.3 Å². The van der Waals surface area contributed by atoms with Crippen LogP contribution in [0.1, 0.15) is 45.4 Å². The lowest BCUT2D eigenvalue weighted by molar-refractivity contribution is -0.211. The smallest absolute Gasteiger partial charge is 0.320 e. The molecule has 2 N–H and O–H groups in total. The van der Waals surface area contributed by atoms with Crippen molar-refractivity contribution in [2.45, 2.75) is 70.4 Å². The summed E-state index contributed by atoms with van der Waals surface area (Å²) in [6.45, 7) is 6.24. The van der Waals surface area contributed by atoms with E-state index in [0.717, 1.165) is 6.42 Å². The van der Waals surface area contributed by atoms with Crippen molar-refractivity contribution in [3.8, 4) is 0 Å². The van der Waals surface area contributed by atoms with Crippen LogP contribution in [0.25, 0.3) is 11.2 Å². The number of nitrogens with zero attached hydrogens (tertiary/aromatic N) is 4. The number of anilines is 1. The fourth-order valence-corrected chi connectivity index (χ4v) is 4.93. The molecule has 0 spiro atoms. The maximum Gasteiger partial charge on any atom is 0.320 e. The molecule has 12 nitrogen and oxygen atoms in total. The first-order valence-corrected chi connectivity index (χ1v) is 12.8. The second-order valence-corrected chi connectivity index (χ2v) is 9.39. The van der Waals surface area contributed by atoms with E-state index in [0.29, 0.717) is 24.1 Å². The fourth-order valence-electron chi connectivity index (χ4n) is 4.93. The van der Waals surface area contributed by atoms with Crippen LogP contribution in [0, 0.1) is 0 Å². The van der Waals surface area contributed by atoms with E-state index in [1.807, 2.05) is 32.0 Å². The summed E-state index contributed by atoms with van der Waals surface area (Å²) in [5.74, 6) is -0.977. The summed E-state index contributed by atoms with van der Waals surface area (Å²) in [5, 5.41) is 5.36. The molecule has 2 amide bonds. The summed E-state index contributed by atoms with van der Waals surface area (Å²) in [6, 6.07) is 9.73. The van der Waals surface area contributed by atoms with Crippen molar-refractivity contribution in [1.82, 2.24) is 24.8 Å². The maximum absolute atomic E-state index is 12.4. The van der Waals surface area contributed by atoms with Crippen LogP contribution in [0.15, 0.2) is 43.0 Å². The van der Waals surface area contributed by atoms with Gasteiger partial charge in [-0.25, -0.2) is 19.7 Å². The first-order chi connectivity index (χ1) is 18.4. The molecule has 0 bridgehead atoms. The molecule has 1 aromatic carbocycles. The molecule has 4 heterocycles. The summed E-state index contributed by atoms with van der Waals surface area (Å²) in [7, 11) is 0. The number of aromatic nitrogens is 4. The Morgan fingerprint density at radius 1 is 1.11 bits per heavy atom. The lowest BCUT2D eigenvalue weighted by Crippen LogP contribution is -2.33. The van der Waals surface area contributed by atoms with E-state index in [9.17, 15) is 9.59 Å². The van der Waals surface area contributed by atoms with Crippen LogP contribution in [0.5, 0.6) is 0 Å². The molecule has 5 unspecified atom stereocenters. The number of aryl methyl sites for hydroxylation is 1. The fraction of sp³-hybridized carbons (Fsp3) is 0.500. The number of ether oxygens (including phenoxy) is 4. The summed E-state index contributed by atoms with van der Waals surface area (Å²) < 4.78 is 26.2. The van der Waals surface area contributed by atoms with E-state index in [1.54, 1.807) is 17.8 Å². The van der Waals surface area contributed by atoms with Gasteiger partial charge < -0.3 is 24.3 Å². The molecule has 2 aliphatic rings. The van der Waals surface area contributed by atoms with E-state index >= 15 is 0 Å². The van der Waals surface area contributed by atoms with E-state index in [2.05, 4.69) is 37.7 Å². The highest BCUT2D eigenvalue weighted by Crippen LogP contribution is 2.46. The molecule has 0 radical (unpaired) electrons. The standard InChI is InChI=1S/C26H32N6O6/c1-4-27-25(34)31-22-19-23(29-14-28-22)32(15-30-19)24-21-20(17(36-24)13-18(33)35-5-2)37-26(3,38-21)12-11-16-9-7-6-8-10-16/h6-10,14-15,17,20-21,24H,4-5,11-13H2,1-3H3,(H2,27,28,29,31,34). The monoisotopic (exact) mass is 524 g/mol. The minimum atomic E-state index is -0.879. The Hall–Kier alpha value is -3.61. The van der Waals surface area contributed by atoms with Gasteiger partial charge in [0.1, 0.15) is 18.5 Å². The lowest BCUT2D eigenvalue weighted by Gasteiger charge is -2.28. The molecular formula is C26H32N6O6. The number of amides is 2. The summed E-state index contributed by atoms with van der Waals surface area (Å²) in [6.07, 6.45) is 2.04. The van der Waals surface area contributed by atoms with Crippen molar-refractivity contribution in [2.24, 2.45) is 0 Å². The average Bonchev–Trinajstić information content (AvgIpc) is 3.57. The minimum absolute atomic E-state index is 0.0231. The molecule has 5 atom stereocenters. The molecule has 2 aromatic heterocycles. The molecule has 2 saturated heterocycles. The lowest BCUT2D eigenvalue weighted by atomic mass is 10.1. The van der Waals surface area contributed by atoms with Crippen LogP contribution >= 0.6 is 0 Å². The third kappa shape index (κ3) is 5.33. The first-order valence-electron chi connectivity index (χ1n) is 12.8. The van der Waals surface area contributed by atoms with Crippen LogP contribution in [0.3, 0.4) is 0 Å². The number of urea groups is 1. The second-order valence-electron chi connectivity index (χ2n) is 9.39. The zero-order chi connectivity index (χ0) is 26.7. The highest BCUT2D eigenvalue weighted by Gasteiger charge is 2.57. The Bertz CT molecular complexity index is 1290. The van der Waals surface area contributed by atoms with Crippen molar-refractivity contribution in [3.05, 3.63) is 48.5 Å². The normalized spacial score (nSPS) is 26.3. The van der Waals surface area contributed by atoms with Gasteiger partial charge in [-0.15, -0.1) is 0 Å². The van der Waals surface area contributed by atoms with Crippen molar-refractivity contribution < 1.29 is 28.5 Å². The van der Waals surface area contributed by atoms with Gasteiger partial charge in [-0.2, -0.15) is 0 Å². The van der Waals surface area contributed by atoms with Gasteiger partial charge in [0.25, 0.3) is 0 Å². The second kappa shape index (κ2) is 11.0. The third-order valence-electron chi connectivity index (χ3n) is 6.64. The quantitative estimate of drug-likeness (QED) is 0.405. The van der Waals surface area contributed by atoms with Gasteiger partial charge in [0, 0.05) is 13.0 Å². The molecule has 0 aliphatic carbocycles. The third-order valence-corrected chi connectivity index (χ3v) is 6.64. The van der Waals surface area contributed by atoms with E-state index in [-0.39, 0.29) is 24.8 Å². The van der Waals surface area contributed by atoms with E-state index < -0.39 is 36.4 Å². The number of benzene rings is 1. The number of carbonyl (C=O) groups excluding carboxylic acids is 2. The Labute approximate surface area is 220 Å². The van der Waals surface area contributed by atoms with Crippen LogP contribution in [-0.2, 0) is 30.2 Å². The molecule has 3 aromatic rings. The molecule has 38 heavy (non-hydrogen) atoms. The number of fused-ring (bicyclic) bond motifs is 2. The zero-order valence-electron chi connectivity index (χ0n) is 21.6. The molecule has 2 fully saturated rings. The van der Waals surface area contributed by atoms with Crippen LogP contribution in [0.2, 0.25) is 0 Å². The van der Waals surface area contributed by atoms with Crippen molar-refractivity contribution in [2.75, 3.05) is 18.5 Å². The number of carbonyl (C=O) groups is 2. The van der Waals surface area contributed by atoms with Gasteiger partial charge >= 0.3 is 12.0 Å². The van der Waals surface area contributed by atoms with Gasteiger partial charge in [-0.3, -0.25) is 14.7 Å². The van der Waals surface area contributed by atoms with Crippen molar-refractivity contribution in [1.29, 1.82) is 0 Å². The van der Waals surface area contributed by atoms with Crippen molar-refractivity contribution >= 4 is 29.0 Å². The van der Waals surface area contributed by atoms with Crippen LogP contribution in [0.4, 0.5) is 10.6 Å². The Balaban J connectivity index is 1.41. The van der Waals surface area contributed by atoms with E-state index in [1.165, 1.54) is 11.9 Å². The van der Waals surface area contributed by atoms with Gasteiger partial charge in [0.2, 0.25) is 0 Å². The average molecular weight is 525 g/mol. The predicted octanol–water partition coefficient (Wildman–Crippen LogP) is 2.95. The number of hydrogen-bond donors (Lipinski definition) is 2. The number of hydrogen-bond acceptors (Lipinski definition) is 9. The highest BCUT2D eigenvalue weighted by molar-refractivity contribution is 5.95. The molecule has 12 heteroatoms. The van der Waals surface area contributed by atoms with Crippen LogP contribution in [-0.4, -0.2) is 68.8 Å². The Morgan fingerprint density at radius 3 is 2.66 bits per heavy atom. The van der Waals surface area contributed by atoms with Gasteiger partial charge in [0.05, 0.1) is 25.5 Å². The number of rotatable bonds is 9. The van der Waals surface area contributed by atoms with Gasteiger partial charge in [-0.05, 0) is 32.8 Å². The summed E-state index contributed by atoms with van der Waals surface area (Å²) in [5.41, 5.74) is 2.03. The predicted molar refractivity (Wildman–Crippen MR) is 136 cm³/mol. The van der Waals surface area contributed by atoms with E-state index in [4.69, 9.17) is 18.9 Å². The maximum atomic E-state index is 12.4. The van der Waals surface area contributed by atoms with Crippen molar-refractivity contribution in [3.63, 3.8) is 0 Å². The SMILES string of the molecule is CCNC(=O)Nc1ncnc2c1ncn2C1OC(CC(=O)OCC)C2OC(C)(CCc3ccccc3)OC21. The highest BCUT2D eigenvalue weighted by atomic mass is 16.8. The number of nitrogens with one attached hydrogen (secondary N) is 2. The molecular weight excluding hydrogens is 492 g/mol. The summed E-state index contributed by atoms with van der Waals surface area (Å²) >= 11 is 0.